The van der Waals surface area contributed by atoms with Gasteiger partial charge in [-0.05, 0) is 13.8 Å². The van der Waals surface area contributed by atoms with Gasteiger partial charge in [-0.25, -0.2) is 9.59 Å². The Balaban J connectivity index is 2.94. The van der Waals surface area contributed by atoms with Gasteiger partial charge < -0.3 is 14.8 Å². The zero-order valence-corrected chi connectivity index (χ0v) is 16.2. The van der Waals surface area contributed by atoms with Crippen molar-refractivity contribution in [1.29, 1.82) is 0 Å². The Hall–Kier alpha value is -2.68. The molecule has 2 rings (SSSR count). The molecule has 0 atom stereocenters. The highest BCUT2D eigenvalue weighted by molar-refractivity contribution is 9.10. The average molecular weight is 425 g/mol. The lowest BCUT2D eigenvalue weighted by molar-refractivity contribution is -0.385. The quantitative estimate of drug-likeness (QED) is 0.342. The smallest absolute Gasteiger partial charge is 0.337 e. The lowest BCUT2D eigenvalue weighted by Gasteiger charge is -2.36. The third kappa shape index (κ3) is 2.98. The fraction of sp³-hybridized carbons (Fsp3) is 0.294. The van der Waals surface area contributed by atoms with Crippen LogP contribution in [0, 0.1) is 10.1 Å². The Morgan fingerprint density at radius 2 is 1.54 bits per heavy atom. The maximum atomic E-state index is 12.5. The fourth-order valence-electron chi connectivity index (χ4n) is 3.03. The first-order valence-corrected chi connectivity index (χ1v) is 8.28. The van der Waals surface area contributed by atoms with Crippen LogP contribution in [0.3, 0.4) is 0 Å². The number of carbonyl (C=O) groups excluding carboxylic acids is 2. The highest BCUT2D eigenvalue weighted by Crippen LogP contribution is 2.52. The fourth-order valence-corrected chi connectivity index (χ4v) is 4.29. The third-order valence-corrected chi connectivity index (χ3v) is 5.29. The second kappa shape index (κ2) is 7.28. The molecule has 9 heteroatoms. The van der Waals surface area contributed by atoms with Crippen LogP contribution in [0.4, 0.5) is 5.69 Å². The number of allylic oxidation sites excluding steroid dienone is 2. The maximum Gasteiger partial charge on any atom is 0.337 e. The molecule has 0 fully saturated rings. The van der Waals surface area contributed by atoms with Gasteiger partial charge in [-0.2, -0.15) is 0 Å². The zero-order valence-electron chi connectivity index (χ0n) is 14.6. The number of esters is 2. The minimum atomic E-state index is -1.61. The van der Waals surface area contributed by atoms with E-state index in [1.807, 2.05) is 0 Å². The molecule has 0 unspecified atom stereocenters. The molecule has 26 heavy (non-hydrogen) atoms. The van der Waals surface area contributed by atoms with Crippen LogP contribution in [0.15, 0.2) is 46.8 Å². The van der Waals surface area contributed by atoms with Crippen molar-refractivity contribution in [3.8, 4) is 0 Å². The molecule has 0 saturated heterocycles. The molecular weight excluding hydrogens is 408 g/mol. The van der Waals surface area contributed by atoms with Crippen molar-refractivity contribution in [2.45, 2.75) is 18.2 Å². The number of hydrogen-bond acceptors (Lipinski definition) is 7. The van der Waals surface area contributed by atoms with Gasteiger partial charge in [0.05, 0.1) is 35.9 Å². The first kappa shape index (κ1) is 19.6. The molecule has 1 heterocycles. The number of methoxy groups -OCH3 is 2. The van der Waals surface area contributed by atoms with Gasteiger partial charge in [0.25, 0.3) is 5.69 Å². The summed E-state index contributed by atoms with van der Waals surface area (Å²) in [6.07, 6.45) is 0. The SMILES string of the molecule is COC(=O)C1=C(C)NC(C)=C(C(=O)OC)C1(Br)c1ccccc1[N+](=O)[O-]. The van der Waals surface area contributed by atoms with Crippen LogP contribution >= 0.6 is 15.9 Å². The van der Waals surface area contributed by atoms with E-state index >= 15 is 0 Å². The number of nitrogens with one attached hydrogen (secondary N) is 1. The van der Waals surface area contributed by atoms with Crippen molar-refractivity contribution in [2.24, 2.45) is 0 Å². The van der Waals surface area contributed by atoms with Crippen LogP contribution in [0.2, 0.25) is 0 Å². The lowest BCUT2D eigenvalue weighted by atomic mass is 9.79. The third-order valence-electron chi connectivity index (χ3n) is 4.06. The van der Waals surface area contributed by atoms with Crippen molar-refractivity contribution in [2.75, 3.05) is 14.2 Å². The molecule has 1 N–H and O–H groups in total. The summed E-state index contributed by atoms with van der Waals surface area (Å²) in [4.78, 5) is 36.0. The summed E-state index contributed by atoms with van der Waals surface area (Å²) in [5.74, 6) is -1.47. The molecule has 0 spiro atoms. The summed E-state index contributed by atoms with van der Waals surface area (Å²) >= 11 is 3.46. The minimum Gasteiger partial charge on any atom is -0.466 e. The highest BCUT2D eigenvalue weighted by Gasteiger charge is 2.52. The van der Waals surface area contributed by atoms with Gasteiger partial charge >= 0.3 is 11.9 Å². The Kier molecular flexibility index (Phi) is 5.50. The van der Waals surface area contributed by atoms with E-state index in [9.17, 15) is 19.7 Å². The average Bonchev–Trinajstić information content (AvgIpc) is 2.60. The maximum absolute atomic E-state index is 12.5. The van der Waals surface area contributed by atoms with Gasteiger partial charge in [0.15, 0.2) is 0 Å². The topological polar surface area (TPSA) is 108 Å². The summed E-state index contributed by atoms with van der Waals surface area (Å²) in [7, 11) is 2.39. The molecule has 0 radical (unpaired) electrons. The van der Waals surface area contributed by atoms with Gasteiger partial charge in [0, 0.05) is 17.5 Å². The number of dihydropyridines is 1. The van der Waals surface area contributed by atoms with Crippen LogP contribution in [-0.2, 0) is 23.4 Å². The number of nitro groups is 1. The number of carbonyl (C=O) groups is 2. The van der Waals surface area contributed by atoms with Gasteiger partial charge in [-0.15, -0.1) is 0 Å². The number of rotatable bonds is 4. The van der Waals surface area contributed by atoms with E-state index in [1.165, 1.54) is 32.4 Å². The van der Waals surface area contributed by atoms with Crippen molar-refractivity contribution in [3.05, 3.63) is 62.5 Å². The standard InChI is InChI=1S/C17H17BrN2O6/c1-9-13(15(21)25-3)17(18,14(10(2)19-9)16(22)26-4)11-7-5-6-8-12(11)20(23)24/h5-8,19H,1-4H3. The van der Waals surface area contributed by atoms with Crippen molar-refractivity contribution < 1.29 is 24.0 Å². The second-order valence-corrected chi connectivity index (χ2v) is 6.73. The second-order valence-electron chi connectivity index (χ2n) is 5.54. The Morgan fingerprint density at radius 3 is 1.96 bits per heavy atom. The van der Waals surface area contributed by atoms with E-state index in [4.69, 9.17) is 9.47 Å². The number of nitrogens with zero attached hydrogens (tertiary/aromatic N) is 1. The molecule has 138 valence electrons. The molecule has 1 aliphatic rings. The number of nitro benzene ring substituents is 1. The summed E-state index contributed by atoms with van der Waals surface area (Å²) in [6, 6.07) is 5.86. The van der Waals surface area contributed by atoms with Gasteiger partial charge in [-0.3, -0.25) is 10.1 Å². The Morgan fingerprint density at radius 1 is 1.08 bits per heavy atom. The molecule has 8 nitrogen and oxygen atoms in total. The molecule has 0 amide bonds. The first-order chi connectivity index (χ1) is 12.2. The van der Waals surface area contributed by atoms with Gasteiger partial charge in [-0.1, -0.05) is 34.1 Å². The molecule has 0 bridgehead atoms. The molecule has 1 aromatic rings. The van der Waals surface area contributed by atoms with E-state index in [2.05, 4.69) is 21.2 Å². The number of benzene rings is 1. The summed E-state index contributed by atoms with van der Waals surface area (Å²) in [6.45, 7) is 3.24. The predicted molar refractivity (Wildman–Crippen MR) is 96.3 cm³/mol. The minimum absolute atomic E-state index is 0.0281. The zero-order chi connectivity index (χ0) is 19.6. The molecule has 0 saturated carbocycles. The van der Waals surface area contributed by atoms with E-state index < -0.39 is 21.2 Å². The Bertz CT molecular complexity index is 821. The molecule has 0 aromatic heterocycles. The Labute approximate surface area is 158 Å². The van der Waals surface area contributed by atoms with Crippen LogP contribution in [0.5, 0.6) is 0 Å². The van der Waals surface area contributed by atoms with E-state index in [0.717, 1.165) is 0 Å². The van der Waals surface area contributed by atoms with Crippen LogP contribution in [0.25, 0.3) is 0 Å². The van der Waals surface area contributed by atoms with E-state index in [-0.39, 0.29) is 22.4 Å². The number of halogens is 1. The number of ether oxygens (including phenoxy) is 2. The molecule has 1 aromatic carbocycles. The van der Waals surface area contributed by atoms with Crippen molar-refractivity contribution >= 4 is 33.6 Å². The largest absolute Gasteiger partial charge is 0.466 e. The summed E-state index contributed by atoms with van der Waals surface area (Å²) in [5.41, 5.74) is 0.718. The summed E-state index contributed by atoms with van der Waals surface area (Å²) < 4.78 is 8.11. The predicted octanol–water partition coefficient (Wildman–Crippen LogP) is 2.68. The lowest BCUT2D eigenvalue weighted by Crippen LogP contribution is -2.41. The normalized spacial score (nSPS) is 16.0. The van der Waals surface area contributed by atoms with Gasteiger partial charge in [0.2, 0.25) is 0 Å². The van der Waals surface area contributed by atoms with Crippen molar-refractivity contribution in [3.63, 3.8) is 0 Å². The highest BCUT2D eigenvalue weighted by atomic mass is 79.9. The van der Waals surface area contributed by atoms with Gasteiger partial charge in [0.1, 0.15) is 4.32 Å². The van der Waals surface area contributed by atoms with Crippen LogP contribution < -0.4 is 5.32 Å². The monoisotopic (exact) mass is 424 g/mol. The van der Waals surface area contributed by atoms with E-state index in [0.29, 0.717) is 11.4 Å². The first-order valence-electron chi connectivity index (χ1n) is 7.49. The van der Waals surface area contributed by atoms with E-state index in [1.54, 1.807) is 19.9 Å². The van der Waals surface area contributed by atoms with Crippen molar-refractivity contribution in [1.82, 2.24) is 5.32 Å². The molecule has 1 aliphatic heterocycles. The molecule has 0 aliphatic carbocycles. The number of para-hydroxylation sites is 1. The number of hydrogen-bond donors (Lipinski definition) is 1. The number of alkyl halides is 1. The van der Waals surface area contributed by atoms with Crippen LogP contribution in [-0.4, -0.2) is 31.1 Å². The molecular formula is C17H17BrN2O6. The summed E-state index contributed by atoms with van der Waals surface area (Å²) in [5, 5.41) is 14.5. The van der Waals surface area contributed by atoms with Crippen LogP contribution in [0.1, 0.15) is 19.4 Å².